The Bertz CT molecular complexity index is 605. The van der Waals surface area contributed by atoms with E-state index in [-0.39, 0.29) is 18.4 Å². The quantitative estimate of drug-likeness (QED) is 0.790. The predicted molar refractivity (Wildman–Crippen MR) is 90.0 cm³/mol. The first-order valence-corrected chi connectivity index (χ1v) is 8.97. The second-order valence-electron chi connectivity index (χ2n) is 6.47. The first kappa shape index (κ1) is 16.9. The fourth-order valence-corrected chi connectivity index (χ4v) is 4.34. The van der Waals surface area contributed by atoms with Crippen molar-refractivity contribution < 1.29 is 14.3 Å². The summed E-state index contributed by atoms with van der Waals surface area (Å²) in [5.41, 5.74) is 2.28. The number of rotatable bonds is 6. The van der Waals surface area contributed by atoms with Gasteiger partial charge in [0, 0.05) is 18.1 Å². The third-order valence-electron chi connectivity index (χ3n) is 5.10. The van der Waals surface area contributed by atoms with Crippen molar-refractivity contribution in [3.8, 4) is 0 Å². The second-order valence-corrected chi connectivity index (χ2v) is 7.26. The summed E-state index contributed by atoms with van der Waals surface area (Å²) in [6, 6.07) is 4.47. The molecule has 2 N–H and O–H groups in total. The number of hydrogen-bond acceptors (Lipinski definition) is 3. The van der Waals surface area contributed by atoms with Crippen LogP contribution >= 0.6 is 15.9 Å². The predicted octanol–water partition coefficient (Wildman–Crippen LogP) is 3.10. The number of fused-ring (bicyclic) bond motifs is 1. The molecule has 1 unspecified atom stereocenters. The van der Waals surface area contributed by atoms with Gasteiger partial charge in [0.1, 0.15) is 5.82 Å². The lowest BCUT2D eigenvalue weighted by Crippen LogP contribution is -2.54. The smallest absolute Gasteiger partial charge is 0.317 e. The highest BCUT2D eigenvalue weighted by Crippen LogP contribution is 2.38. The van der Waals surface area contributed by atoms with E-state index in [9.17, 15) is 9.18 Å². The molecular formula is C17H22BrFN2O2. The molecule has 23 heavy (non-hydrogen) atoms. The molecule has 0 heterocycles. The largest absolute Gasteiger partial charge is 0.480 e. The number of halogens is 2. The Morgan fingerprint density at radius 2 is 2.22 bits per heavy atom. The maximum atomic E-state index is 13.6. The van der Waals surface area contributed by atoms with Crippen LogP contribution < -0.4 is 5.32 Å². The second kappa shape index (κ2) is 6.87. The summed E-state index contributed by atoms with van der Waals surface area (Å²) in [6.45, 7) is 2.89. The van der Waals surface area contributed by atoms with Gasteiger partial charge in [-0.05, 0) is 65.4 Å². The van der Waals surface area contributed by atoms with Crippen molar-refractivity contribution in [3.05, 3.63) is 33.5 Å². The fourth-order valence-electron chi connectivity index (χ4n) is 3.78. The molecule has 0 aliphatic heterocycles. The van der Waals surface area contributed by atoms with Crippen LogP contribution in [0, 0.1) is 5.82 Å². The number of hydrogen-bond donors (Lipinski definition) is 2. The van der Waals surface area contributed by atoms with Crippen molar-refractivity contribution in [2.24, 2.45) is 0 Å². The van der Waals surface area contributed by atoms with Crippen molar-refractivity contribution in [2.45, 2.75) is 50.7 Å². The standard InChI is InChI=1S/C17H22BrFN2O2/c1-2-21(9-16(22)23)11-7-10(8-11)20-15-6-4-13-12(15)3-5-14(19)17(13)18/h3,5,10-11,15,20H,2,4,6-9H2,1H3,(H,22,23). The van der Waals surface area contributed by atoms with Gasteiger partial charge in [0.2, 0.25) is 0 Å². The average molecular weight is 385 g/mol. The van der Waals surface area contributed by atoms with E-state index in [1.165, 1.54) is 11.6 Å². The molecule has 6 heteroatoms. The molecule has 0 saturated heterocycles. The average Bonchev–Trinajstić information content (AvgIpc) is 2.87. The van der Waals surface area contributed by atoms with Crippen LogP contribution in [0.3, 0.4) is 0 Å². The minimum absolute atomic E-state index is 0.117. The van der Waals surface area contributed by atoms with Crippen LogP contribution in [0.5, 0.6) is 0 Å². The number of likely N-dealkylation sites (N-methyl/N-ethyl adjacent to an activating group) is 1. The molecule has 0 aromatic heterocycles. The maximum Gasteiger partial charge on any atom is 0.317 e. The number of carbonyl (C=O) groups is 1. The third-order valence-corrected chi connectivity index (χ3v) is 5.96. The fraction of sp³-hybridized carbons (Fsp3) is 0.588. The molecule has 4 nitrogen and oxygen atoms in total. The molecule has 0 bridgehead atoms. The number of nitrogens with one attached hydrogen (secondary N) is 1. The highest BCUT2D eigenvalue weighted by atomic mass is 79.9. The van der Waals surface area contributed by atoms with Gasteiger partial charge in [-0.15, -0.1) is 0 Å². The Labute approximate surface area is 144 Å². The van der Waals surface area contributed by atoms with E-state index in [4.69, 9.17) is 5.11 Å². The Morgan fingerprint density at radius 1 is 1.48 bits per heavy atom. The summed E-state index contributed by atoms with van der Waals surface area (Å²) in [6.07, 6.45) is 3.84. The maximum absolute atomic E-state index is 13.6. The summed E-state index contributed by atoms with van der Waals surface area (Å²) in [4.78, 5) is 12.9. The lowest BCUT2D eigenvalue weighted by Gasteiger charge is -2.43. The molecule has 2 aliphatic carbocycles. The summed E-state index contributed by atoms with van der Waals surface area (Å²) in [7, 11) is 0. The minimum Gasteiger partial charge on any atom is -0.480 e. The number of benzene rings is 1. The molecule has 3 rings (SSSR count). The van der Waals surface area contributed by atoms with Gasteiger partial charge in [-0.2, -0.15) is 0 Å². The van der Waals surface area contributed by atoms with Gasteiger partial charge in [-0.25, -0.2) is 4.39 Å². The Hall–Kier alpha value is -0.980. The van der Waals surface area contributed by atoms with Gasteiger partial charge in [0.15, 0.2) is 0 Å². The summed E-state index contributed by atoms with van der Waals surface area (Å²) >= 11 is 3.35. The van der Waals surface area contributed by atoms with Crippen LogP contribution in [0.2, 0.25) is 0 Å². The molecule has 2 aliphatic rings. The highest BCUT2D eigenvalue weighted by Gasteiger charge is 2.36. The van der Waals surface area contributed by atoms with Crippen molar-refractivity contribution >= 4 is 21.9 Å². The topological polar surface area (TPSA) is 52.6 Å². The molecule has 1 saturated carbocycles. The van der Waals surface area contributed by atoms with Gasteiger partial charge in [-0.3, -0.25) is 9.69 Å². The van der Waals surface area contributed by atoms with Gasteiger partial charge in [0.05, 0.1) is 11.0 Å². The SMILES string of the molecule is CCN(CC(=O)O)C1CC(NC2CCc3c2ccc(F)c3Br)C1. The van der Waals surface area contributed by atoms with E-state index in [2.05, 4.69) is 21.2 Å². The number of nitrogens with zero attached hydrogens (tertiary/aromatic N) is 1. The first-order chi connectivity index (χ1) is 11.0. The Balaban J connectivity index is 1.56. The molecule has 1 atom stereocenters. The minimum atomic E-state index is -0.764. The van der Waals surface area contributed by atoms with Crippen LogP contribution in [-0.2, 0) is 11.2 Å². The Morgan fingerprint density at radius 3 is 2.87 bits per heavy atom. The molecule has 0 amide bonds. The number of carboxylic acid groups (broad SMARTS) is 1. The number of aliphatic carboxylic acids is 1. The van der Waals surface area contributed by atoms with E-state index in [1.54, 1.807) is 0 Å². The van der Waals surface area contributed by atoms with Gasteiger partial charge >= 0.3 is 5.97 Å². The number of carboxylic acids is 1. The molecule has 1 fully saturated rings. The summed E-state index contributed by atoms with van der Waals surface area (Å²) in [5.74, 6) is -0.958. The monoisotopic (exact) mass is 384 g/mol. The van der Waals surface area contributed by atoms with Crippen LogP contribution in [0.1, 0.15) is 43.4 Å². The first-order valence-electron chi connectivity index (χ1n) is 8.18. The van der Waals surface area contributed by atoms with Gasteiger partial charge in [0.25, 0.3) is 0 Å². The van der Waals surface area contributed by atoms with Crippen molar-refractivity contribution in [1.29, 1.82) is 0 Å². The lowest BCUT2D eigenvalue weighted by atomic mass is 9.84. The van der Waals surface area contributed by atoms with Crippen LogP contribution in [0.4, 0.5) is 4.39 Å². The zero-order valence-corrected chi connectivity index (χ0v) is 14.8. The molecule has 126 valence electrons. The zero-order chi connectivity index (χ0) is 16.6. The zero-order valence-electron chi connectivity index (χ0n) is 13.2. The van der Waals surface area contributed by atoms with Gasteiger partial charge < -0.3 is 10.4 Å². The molecule has 0 radical (unpaired) electrons. The van der Waals surface area contributed by atoms with Crippen LogP contribution in [0.15, 0.2) is 16.6 Å². The molecule has 1 aromatic carbocycles. The van der Waals surface area contributed by atoms with Crippen LogP contribution in [0.25, 0.3) is 0 Å². The van der Waals surface area contributed by atoms with Gasteiger partial charge in [-0.1, -0.05) is 13.0 Å². The summed E-state index contributed by atoms with van der Waals surface area (Å²) < 4.78 is 14.2. The molecule has 1 aromatic rings. The summed E-state index contributed by atoms with van der Waals surface area (Å²) in [5, 5.41) is 12.6. The third kappa shape index (κ3) is 3.44. The van der Waals surface area contributed by atoms with Crippen molar-refractivity contribution in [1.82, 2.24) is 10.2 Å². The van der Waals surface area contributed by atoms with Crippen molar-refractivity contribution in [2.75, 3.05) is 13.1 Å². The van der Waals surface area contributed by atoms with E-state index in [1.807, 2.05) is 17.9 Å². The normalized spacial score (nSPS) is 26.2. The van der Waals surface area contributed by atoms with Crippen molar-refractivity contribution in [3.63, 3.8) is 0 Å². The lowest BCUT2D eigenvalue weighted by molar-refractivity contribution is -0.139. The Kier molecular flexibility index (Phi) is 5.04. The van der Waals surface area contributed by atoms with E-state index < -0.39 is 5.97 Å². The van der Waals surface area contributed by atoms with E-state index in [0.717, 1.165) is 37.8 Å². The van der Waals surface area contributed by atoms with E-state index in [0.29, 0.717) is 16.6 Å². The molecule has 0 spiro atoms. The van der Waals surface area contributed by atoms with E-state index >= 15 is 0 Å². The molecular weight excluding hydrogens is 363 g/mol. The highest BCUT2D eigenvalue weighted by molar-refractivity contribution is 9.10. The van der Waals surface area contributed by atoms with Crippen LogP contribution in [-0.4, -0.2) is 41.1 Å².